The number of aromatic hydroxyl groups is 1. The zero-order valence-electron chi connectivity index (χ0n) is 9.47. The van der Waals surface area contributed by atoms with Crippen molar-refractivity contribution in [3.63, 3.8) is 0 Å². The molecule has 0 amide bonds. The van der Waals surface area contributed by atoms with E-state index in [0.29, 0.717) is 0 Å². The molecule has 0 radical (unpaired) electrons. The number of hydrogen-bond acceptors (Lipinski definition) is 4. The normalized spacial score (nSPS) is 12.1. The number of carbonyl (C=O) groups is 1. The van der Waals surface area contributed by atoms with Crippen molar-refractivity contribution in [1.29, 1.82) is 0 Å². The molecule has 1 unspecified atom stereocenters. The molecular weight excluding hydrogens is 224 g/mol. The third kappa shape index (κ3) is 4.14. The van der Waals surface area contributed by atoms with Crippen molar-refractivity contribution in [2.75, 3.05) is 12.9 Å². The monoisotopic (exact) mass is 240 g/mol. The van der Waals surface area contributed by atoms with Gasteiger partial charge in [-0.3, -0.25) is 4.79 Å². The summed E-state index contributed by atoms with van der Waals surface area (Å²) in [6.07, 6.45) is 0. The first-order chi connectivity index (χ1) is 7.63. The average Bonchev–Trinajstić information content (AvgIpc) is 2.28. The van der Waals surface area contributed by atoms with Gasteiger partial charge in [-0.2, -0.15) is 11.8 Å². The molecule has 0 aliphatic heterocycles. The van der Waals surface area contributed by atoms with Gasteiger partial charge < -0.3 is 9.84 Å². The maximum atomic E-state index is 11.1. The van der Waals surface area contributed by atoms with Crippen LogP contribution in [0.1, 0.15) is 12.5 Å². The third-order valence-electron chi connectivity index (χ3n) is 2.15. The fourth-order valence-electron chi connectivity index (χ4n) is 1.27. The minimum Gasteiger partial charge on any atom is -0.508 e. The summed E-state index contributed by atoms with van der Waals surface area (Å²) < 4.78 is 4.64. The molecule has 0 aromatic heterocycles. The molecule has 1 rings (SSSR count). The molecule has 4 heteroatoms. The molecule has 0 aliphatic carbocycles. The summed E-state index contributed by atoms with van der Waals surface area (Å²) in [5.74, 6) is 1.52. The van der Waals surface area contributed by atoms with Gasteiger partial charge in [0.2, 0.25) is 0 Å². The van der Waals surface area contributed by atoms with E-state index in [1.165, 1.54) is 7.11 Å². The Kier molecular flexibility index (Phi) is 5.19. The van der Waals surface area contributed by atoms with Gasteiger partial charge in [-0.05, 0) is 17.7 Å². The topological polar surface area (TPSA) is 46.5 Å². The number of thioether (sulfide) groups is 1. The molecule has 0 aliphatic rings. The number of esters is 1. The van der Waals surface area contributed by atoms with Crippen LogP contribution in [0.25, 0.3) is 0 Å². The Balaban J connectivity index is 2.33. The lowest BCUT2D eigenvalue weighted by molar-refractivity contribution is -0.143. The molecule has 0 saturated carbocycles. The van der Waals surface area contributed by atoms with Gasteiger partial charge in [0, 0.05) is 11.5 Å². The number of rotatable bonds is 5. The van der Waals surface area contributed by atoms with E-state index >= 15 is 0 Å². The smallest absolute Gasteiger partial charge is 0.309 e. The van der Waals surface area contributed by atoms with Crippen LogP contribution in [-0.4, -0.2) is 23.9 Å². The second-order valence-corrected chi connectivity index (χ2v) is 4.64. The molecule has 1 aromatic rings. The van der Waals surface area contributed by atoms with Crippen molar-refractivity contribution in [2.45, 2.75) is 12.7 Å². The van der Waals surface area contributed by atoms with Crippen LogP contribution in [0.4, 0.5) is 0 Å². The van der Waals surface area contributed by atoms with Crippen LogP contribution < -0.4 is 0 Å². The summed E-state index contributed by atoms with van der Waals surface area (Å²) in [7, 11) is 1.40. The zero-order chi connectivity index (χ0) is 12.0. The van der Waals surface area contributed by atoms with E-state index in [0.717, 1.165) is 17.1 Å². The van der Waals surface area contributed by atoms with Crippen LogP contribution in [0.3, 0.4) is 0 Å². The van der Waals surface area contributed by atoms with Crippen molar-refractivity contribution in [1.82, 2.24) is 0 Å². The van der Waals surface area contributed by atoms with E-state index < -0.39 is 0 Å². The fraction of sp³-hybridized carbons (Fsp3) is 0.417. The molecule has 1 N–H and O–H groups in total. The molecular formula is C12H16O3S. The lowest BCUT2D eigenvalue weighted by atomic mass is 10.2. The van der Waals surface area contributed by atoms with Gasteiger partial charge in [-0.15, -0.1) is 0 Å². The quantitative estimate of drug-likeness (QED) is 0.803. The van der Waals surface area contributed by atoms with E-state index in [1.807, 2.05) is 19.1 Å². The number of carbonyl (C=O) groups excluding carboxylic acids is 1. The lowest BCUT2D eigenvalue weighted by Gasteiger charge is -2.08. The van der Waals surface area contributed by atoms with E-state index in [2.05, 4.69) is 4.74 Å². The number of benzene rings is 1. The Morgan fingerprint density at radius 2 is 2.31 bits per heavy atom. The molecule has 88 valence electrons. The van der Waals surface area contributed by atoms with Gasteiger partial charge >= 0.3 is 5.97 Å². The Morgan fingerprint density at radius 3 is 2.94 bits per heavy atom. The predicted octanol–water partition coefficient (Wildman–Crippen LogP) is 2.43. The fourth-order valence-corrected chi connectivity index (χ4v) is 2.29. The van der Waals surface area contributed by atoms with Crippen molar-refractivity contribution >= 4 is 17.7 Å². The van der Waals surface area contributed by atoms with Crippen LogP contribution in [0.2, 0.25) is 0 Å². The predicted molar refractivity (Wildman–Crippen MR) is 65.4 cm³/mol. The summed E-state index contributed by atoms with van der Waals surface area (Å²) in [5.41, 5.74) is 1.06. The molecule has 3 nitrogen and oxygen atoms in total. The van der Waals surface area contributed by atoms with Gasteiger partial charge in [0.25, 0.3) is 0 Å². The highest BCUT2D eigenvalue weighted by Crippen LogP contribution is 2.19. The maximum Gasteiger partial charge on any atom is 0.309 e. The molecule has 0 fully saturated rings. The highest BCUT2D eigenvalue weighted by atomic mass is 32.2. The van der Waals surface area contributed by atoms with Crippen molar-refractivity contribution in [3.05, 3.63) is 29.8 Å². The van der Waals surface area contributed by atoms with Crippen molar-refractivity contribution in [2.24, 2.45) is 5.92 Å². The highest BCUT2D eigenvalue weighted by molar-refractivity contribution is 7.98. The molecule has 0 spiro atoms. The van der Waals surface area contributed by atoms with E-state index in [1.54, 1.807) is 23.9 Å². The summed E-state index contributed by atoms with van der Waals surface area (Å²) in [5, 5.41) is 9.26. The van der Waals surface area contributed by atoms with Crippen LogP contribution in [0.5, 0.6) is 5.75 Å². The number of hydrogen-bond donors (Lipinski definition) is 1. The van der Waals surface area contributed by atoms with E-state index in [4.69, 9.17) is 0 Å². The minimum absolute atomic E-state index is 0.0905. The first-order valence-corrected chi connectivity index (χ1v) is 6.22. The van der Waals surface area contributed by atoms with Crippen LogP contribution in [0, 0.1) is 5.92 Å². The molecule has 16 heavy (non-hydrogen) atoms. The maximum absolute atomic E-state index is 11.1. The molecule has 0 bridgehead atoms. The van der Waals surface area contributed by atoms with Gasteiger partial charge in [-0.1, -0.05) is 19.1 Å². The first-order valence-electron chi connectivity index (χ1n) is 5.07. The zero-order valence-corrected chi connectivity index (χ0v) is 10.3. The Hall–Kier alpha value is -1.16. The molecule has 0 saturated heterocycles. The number of phenolic OH excluding ortho intramolecular Hbond substituents is 1. The van der Waals surface area contributed by atoms with E-state index in [-0.39, 0.29) is 17.6 Å². The number of ether oxygens (including phenoxy) is 1. The minimum atomic E-state index is -0.177. The van der Waals surface area contributed by atoms with Gasteiger partial charge in [0.15, 0.2) is 0 Å². The van der Waals surface area contributed by atoms with Crippen LogP contribution in [-0.2, 0) is 15.3 Å². The van der Waals surface area contributed by atoms with Gasteiger partial charge in [0.1, 0.15) is 5.75 Å². The molecule has 1 aromatic carbocycles. The molecule has 0 heterocycles. The van der Waals surface area contributed by atoms with Gasteiger partial charge in [0.05, 0.1) is 13.0 Å². The Bertz CT molecular complexity index is 352. The Labute approximate surface area is 99.8 Å². The first kappa shape index (κ1) is 12.9. The lowest BCUT2D eigenvalue weighted by Crippen LogP contribution is -2.14. The SMILES string of the molecule is COC(=O)C(C)CSCc1cccc(O)c1. The highest BCUT2D eigenvalue weighted by Gasteiger charge is 2.12. The van der Waals surface area contributed by atoms with Crippen molar-refractivity contribution in [3.8, 4) is 5.75 Å². The Morgan fingerprint density at radius 1 is 1.56 bits per heavy atom. The van der Waals surface area contributed by atoms with Crippen LogP contribution in [0.15, 0.2) is 24.3 Å². The summed E-state index contributed by atoms with van der Waals surface area (Å²) >= 11 is 1.65. The molecule has 1 atom stereocenters. The van der Waals surface area contributed by atoms with Crippen LogP contribution >= 0.6 is 11.8 Å². The standard InChI is InChI=1S/C12H16O3S/c1-9(12(14)15-2)7-16-8-10-4-3-5-11(13)6-10/h3-6,9,13H,7-8H2,1-2H3. The summed E-state index contributed by atoms with van der Waals surface area (Å²) in [4.78, 5) is 11.1. The third-order valence-corrected chi connectivity index (χ3v) is 3.42. The number of methoxy groups -OCH3 is 1. The number of phenols is 1. The second kappa shape index (κ2) is 6.43. The van der Waals surface area contributed by atoms with Gasteiger partial charge in [-0.25, -0.2) is 0 Å². The second-order valence-electron chi connectivity index (χ2n) is 3.61. The summed E-state index contributed by atoms with van der Waals surface area (Å²) in [6, 6.07) is 7.14. The van der Waals surface area contributed by atoms with E-state index in [9.17, 15) is 9.90 Å². The average molecular weight is 240 g/mol. The van der Waals surface area contributed by atoms with Crippen molar-refractivity contribution < 1.29 is 14.6 Å². The largest absolute Gasteiger partial charge is 0.508 e. The summed E-state index contributed by atoms with van der Waals surface area (Å²) in [6.45, 7) is 1.85.